The average molecular weight is 448 g/mol. The van der Waals surface area contributed by atoms with Crippen molar-refractivity contribution < 1.29 is 9.59 Å². The molecule has 27 heavy (non-hydrogen) atoms. The highest BCUT2D eigenvalue weighted by molar-refractivity contribution is 6.42. The lowest BCUT2D eigenvalue weighted by molar-refractivity contribution is -0.139. The largest absolute Gasteiger partial charge is 0.357 e. The van der Waals surface area contributed by atoms with Crippen LogP contribution in [0, 0.1) is 0 Å². The molecule has 2 aromatic carbocycles. The molecule has 1 atom stereocenters. The number of halogens is 4. The molecule has 0 saturated carbocycles. The fourth-order valence-corrected chi connectivity index (χ4v) is 3.41. The fraction of sp³-hybridized carbons (Fsp3) is 0.263. The minimum absolute atomic E-state index is 0.0558. The van der Waals surface area contributed by atoms with Crippen molar-refractivity contribution >= 4 is 58.2 Å². The van der Waals surface area contributed by atoms with Crippen LogP contribution >= 0.6 is 46.4 Å². The number of benzene rings is 2. The average Bonchev–Trinajstić information content (AvgIpc) is 2.63. The Labute approximate surface area is 178 Å². The van der Waals surface area contributed by atoms with E-state index in [0.717, 1.165) is 0 Å². The normalized spacial score (nSPS) is 11.8. The van der Waals surface area contributed by atoms with Crippen LogP contribution < -0.4 is 5.32 Å². The molecule has 2 rings (SSSR count). The van der Waals surface area contributed by atoms with Gasteiger partial charge >= 0.3 is 0 Å². The van der Waals surface area contributed by atoms with Gasteiger partial charge in [-0.05, 0) is 36.8 Å². The summed E-state index contributed by atoms with van der Waals surface area (Å²) in [6, 6.07) is 9.37. The van der Waals surface area contributed by atoms with Gasteiger partial charge in [-0.1, -0.05) is 58.5 Å². The zero-order valence-corrected chi connectivity index (χ0v) is 17.8. The number of hydrogen-bond acceptors (Lipinski definition) is 2. The highest BCUT2D eigenvalue weighted by atomic mass is 35.5. The second-order valence-corrected chi connectivity index (χ2v) is 7.57. The highest BCUT2D eigenvalue weighted by Crippen LogP contribution is 2.27. The third-order valence-electron chi connectivity index (χ3n) is 4.14. The number of likely N-dealkylation sites (N-methyl/N-ethyl adjacent to an activating group) is 1. The molecule has 0 heterocycles. The molecule has 0 fully saturated rings. The topological polar surface area (TPSA) is 49.4 Å². The quantitative estimate of drug-likeness (QED) is 0.676. The number of nitrogens with zero attached hydrogens (tertiary/aromatic N) is 1. The first-order valence-electron chi connectivity index (χ1n) is 8.12. The van der Waals surface area contributed by atoms with Crippen LogP contribution in [0.2, 0.25) is 20.1 Å². The Kier molecular flexibility index (Phi) is 7.80. The smallest absolute Gasteiger partial charge is 0.242 e. The zero-order chi connectivity index (χ0) is 20.1. The lowest BCUT2D eigenvalue weighted by Crippen LogP contribution is -2.47. The second kappa shape index (κ2) is 9.65. The summed E-state index contributed by atoms with van der Waals surface area (Å²) in [5, 5.41) is 4.19. The third-order valence-corrected chi connectivity index (χ3v) is 5.59. The van der Waals surface area contributed by atoms with Gasteiger partial charge in [0.2, 0.25) is 11.8 Å². The molecule has 0 aromatic heterocycles. The summed E-state index contributed by atoms with van der Waals surface area (Å²) in [7, 11) is 1.52. The van der Waals surface area contributed by atoms with E-state index in [0.29, 0.717) is 31.2 Å². The van der Waals surface area contributed by atoms with Crippen LogP contribution in [-0.2, 0) is 22.6 Å². The molecule has 8 heteroatoms. The molecule has 0 bridgehead atoms. The van der Waals surface area contributed by atoms with Gasteiger partial charge in [0.25, 0.3) is 0 Å². The summed E-state index contributed by atoms with van der Waals surface area (Å²) in [6.07, 6.45) is 0.0558. The van der Waals surface area contributed by atoms with Crippen molar-refractivity contribution in [3.63, 3.8) is 0 Å². The van der Waals surface area contributed by atoms with Crippen LogP contribution in [0.25, 0.3) is 0 Å². The van der Waals surface area contributed by atoms with E-state index in [1.165, 1.54) is 11.9 Å². The molecule has 0 aliphatic carbocycles. The molecule has 2 aromatic rings. The van der Waals surface area contributed by atoms with Gasteiger partial charge in [0.15, 0.2) is 0 Å². The van der Waals surface area contributed by atoms with Crippen molar-refractivity contribution in [2.45, 2.75) is 25.9 Å². The molecule has 2 amide bonds. The second-order valence-electron chi connectivity index (χ2n) is 5.94. The van der Waals surface area contributed by atoms with Crippen LogP contribution in [0.4, 0.5) is 0 Å². The first-order valence-corrected chi connectivity index (χ1v) is 9.63. The lowest BCUT2D eigenvalue weighted by Gasteiger charge is -2.29. The van der Waals surface area contributed by atoms with Crippen LogP contribution in [0.5, 0.6) is 0 Å². The molecular weight excluding hydrogens is 430 g/mol. The summed E-state index contributed by atoms with van der Waals surface area (Å²) < 4.78 is 0. The van der Waals surface area contributed by atoms with E-state index in [4.69, 9.17) is 46.4 Å². The number of carbonyl (C=O) groups excluding carboxylic acids is 2. The van der Waals surface area contributed by atoms with Crippen molar-refractivity contribution in [2.24, 2.45) is 0 Å². The third kappa shape index (κ3) is 5.52. The van der Waals surface area contributed by atoms with E-state index in [1.807, 2.05) is 0 Å². The van der Waals surface area contributed by atoms with Crippen molar-refractivity contribution in [1.29, 1.82) is 0 Å². The van der Waals surface area contributed by atoms with Crippen molar-refractivity contribution in [1.82, 2.24) is 10.2 Å². The molecule has 1 N–H and O–H groups in total. The maximum Gasteiger partial charge on any atom is 0.242 e. The maximum atomic E-state index is 13.0. The predicted molar refractivity (Wildman–Crippen MR) is 111 cm³/mol. The Morgan fingerprint density at radius 1 is 1.00 bits per heavy atom. The molecule has 0 aliphatic heterocycles. The summed E-state index contributed by atoms with van der Waals surface area (Å²) in [5.41, 5.74) is 1.27. The first-order chi connectivity index (χ1) is 12.7. The van der Waals surface area contributed by atoms with E-state index >= 15 is 0 Å². The van der Waals surface area contributed by atoms with Gasteiger partial charge in [0.1, 0.15) is 6.04 Å². The van der Waals surface area contributed by atoms with Gasteiger partial charge in [0, 0.05) is 29.2 Å². The summed E-state index contributed by atoms with van der Waals surface area (Å²) in [5.74, 6) is -0.554. The Bertz CT molecular complexity index is 837. The molecule has 0 saturated heterocycles. The van der Waals surface area contributed by atoms with E-state index in [1.54, 1.807) is 43.3 Å². The van der Waals surface area contributed by atoms with Gasteiger partial charge < -0.3 is 10.2 Å². The molecule has 0 spiro atoms. The number of hydrogen-bond donors (Lipinski definition) is 1. The van der Waals surface area contributed by atoms with E-state index in [2.05, 4.69) is 5.32 Å². The van der Waals surface area contributed by atoms with Gasteiger partial charge in [-0.25, -0.2) is 0 Å². The molecule has 0 radical (unpaired) electrons. The monoisotopic (exact) mass is 446 g/mol. The van der Waals surface area contributed by atoms with Crippen LogP contribution in [0.1, 0.15) is 18.1 Å². The number of amides is 2. The SMILES string of the molecule is CNC(=O)[C@H](C)N(Cc1c(Cl)cccc1Cl)C(=O)Cc1ccc(Cl)c(Cl)c1. The van der Waals surface area contributed by atoms with Crippen molar-refractivity contribution in [2.75, 3.05) is 7.05 Å². The number of nitrogens with one attached hydrogen (secondary N) is 1. The van der Waals surface area contributed by atoms with Gasteiger partial charge in [0.05, 0.1) is 16.5 Å². The van der Waals surface area contributed by atoms with Crippen LogP contribution in [0.15, 0.2) is 36.4 Å². The molecular formula is C19H18Cl4N2O2. The van der Waals surface area contributed by atoms with Gasteiger partial charge in [-0.2, -0.15) is 0 Å². The Balaban J connectivity index is 2.32. The first kappa shape index (κ1) is 21.8. The van der Waals surface area contributed by atoms with Gasteiger partial charge in [-0.15, -0.1) is 0 Å². The fourth-order valence-electron chi connectivity index (χ4n) is 2.57. The molecule has 144 valence electrons. The van der Waals surface area contributed by atoms with Crippen molar-refractivity contribution in [3.8, 4) is 0 Å². The Morgan fingerprint density at radius 2 is 1.63 bits per heavy atom. The van der Waals surface area contributed by atoms with E-state index in [9.17, 15) is 9.59 Å². The van der Waals surface area contributed by atoms with E-state index in [-0.39, 0.29) is 24.8 Å². The minimum Gasteiger partial charge on any atom is -0.357 e. The predicted octanol–water partition coefficient (Wildman–Crippen LogP) is 5.01. The molecule has 0 aliphatic rings. The number of carbonyl (C=O) groups is 2. The van der Waals surface area contributed by atoms with Crippen LogP contribution in [0.3, 0.4) is 0 Å². The van der Waals surface area contributed by atoms with Gasteiger partial charge in [-0.3, -0.25) is 9.59 Å². The van der Waals surface area contributed by atoms with Crippen molar-refractivity contribution in [3.05, 3.63) is 67.6 Å². The zero-order valence-electron chi connectivity index (χ0n) is 14.7. The highest BCUT2D eigenvalue weighted by Gasteiger charge is 2.27. The Morgan fingerprint density at radius 3 is 2.19 bits per heavy atom. The number of rotatable bonds is 6. The summed E-state index contributed by atoms with van der Waals surface area (Å²) in [6.45, 7) is 1.75. The lowest BCUT2D eigenvalue weighted by atomic mass is 10.1. The molecule has 0 unspecified atom stereocenters. The summed E-state index contributed by atoms with van der Waals surface area (Å²) >= 11 is 24.4. The summed E-state index contributed by atoms with van der Waals surface area (Å²) in [4.78, 5) is 26.6. The van der Waals surface area contributed by atoms with Crippen LogP contribution in [-0.4, -0.2) is 29.8 Å². The maximum absolute atomic E-state index is 13.0. The standard InChI is InChI=1S/C19H18Cl4N2O2/c1-11(19(27)24-2)25(10-13-14(20)4-3-5-15(13)21)18(26)9-12-6-7-16(22)17(23)8-12/h3-8,11H,9-10H2,1-2H3,(H,24,27)/t11-/m0/s1. The molecule has 4 nitrogen and oxygen atoms in total. The Hall–Kier alpha value is -1.46. The minimum atomic E-state index is -0.711. The van der Waals surface area contributed by atoms with E-state index < -0.39 is 6.04 Å².